The number of ether oxygens (including phenoxy) is 4. The Balaban J connectivity index is 1.37. The lowest BCUT2D eigenvalue weighted by Crippen LogP contribution is -2.47. The van der Waals surface area contributed by atoms with E-state index in [2.05, 4.69) is 48.1 Å². The normalized spacial score (nSPS) is 22.3. The molecule has 8 nitrogen and oxygen atoms in total. The molecule has 226 valence electrons. The maximum absolute atomic E-state index is 5.96. The molecule has 2 aliphatic rings. The number of nitrogens with zero attached hydrogens (tertiary/aromatic N) is 2. The summed E-state index contributed by atoms with van der Waals surface area (Å²) in [7, 11) is 3.88. The van der Waals surface area contributed by atoms with Crippen molar-refractivity contribution in [3.8, 4) is 0 Å². The standard InChI is InChI=1S/C28H58N4O4S2/c1-5-8-29-19-27-21-31(11-17-35-27)10-16-34-14-7-26(4)23-37-38-24-30-20-28-22-32(12-18-36-28)9-15-33-13-6-25(2)3/h25-30H,5-24H2,1-4H3/t26?,27-,28+/m1/s1. The van der Waals surface area contributed by atoms with Gasteiger partial charge in [0.05, 0.1) is 44.5 Å². The van der Waals surface area contributed by atoms with Crippen LogP contribution in [0.1, 0.15) is 47.0 Å². The smallest absolute Gasteiger partial charge is 0.0827 e. The molecule has 38 heavy (non-hydrogen) atoms. The fourth-order valence-electron chi connectivity index (χ4n) is 4.40. The lowest BCUT2D eigenvalue weighted by molar-refractivity contribution is -0.0351. The summed E-state index contributed by atoms with van der Waals surface area (Å²) in [5.41, 5.74) is 0. The zero-order chi connectivity index (χ0) is 27.3. The molecule has 1 unspecified atom stereocenters. The highest BCUT2D eigenvalue weighted by Crippen LogP contribution is 2.24. The molecule has 10 heteroatoms. The number of hydrogen-bond acceptors (Lipinski definition) is 10. The molecular formula is C28H58N4O4S2. The van der Waals surface area contributed by atoms with Gasteiger partial charge in [-0.25, -0.2) is 0 Å². The van der Waals surface area contributed by atoms with Crippen LogP contribution in [0.4, 0.5) is 0 Å². The molecule has 3 atom stereocenters. The molecule has 0 aromatic rings. The molecular weight excluding hydrogens is 520 g/mol. The van der Waals surface area contributed by atoms with Gasteiger partial charge in [0.1, 0.15) is 0 Å². The van der Waals surface area contributed by atoms with E-state index in [1.54, 1.807) is 0 Å². The van der Waals surface area contributed by atoms with Crippen LogP contribution in [0.2, 0.25) is 0 Å². The zero-order valence-electron chi connectivity index (χ0n) is 24.8. The molecule has 0 spiro atoms. The number of morpholine rings is 2. The third-order valence-corrected chi connectivity index (χ3v) is 9.37. The first-order valence-electron chi connectivity index (χ1n) is 15.1. The zero-order valence-corrected chi connectivity index (χ0v) is 26.4. The van der Waals surface area contributed by atoms with Gasteiger partial charge in [0.25, 0.3) is 0 Å². The van der Waals surface area contributed by atoms with Gasteiger partial charge in [0, 0.05) is 71.3 Å². The predicted molar refractivity (Wildman–Crippen MR) is 163 cm³/mol. The van der Waals surface area contributed by atoms with Crippen molar-refractivity contribution >= 4 is 21.6 Å². The summed E-state index contributed by atoms with van der Waals surface area (Å²) in [4.78, 5) is 4.95. The summed E-state index contributed by atoms with van der Waals surface area (Å²) >= 11 is 0. The highest BCUT2D eigenvalue weighted by atomic mass is 33.1. The van der Waals surface area contributed by atoms with Crippen LogP contribution < -0.4 is 10.6 Å². The van der Waals surface area contributed by atoms with Crippen LogP contribution in [0.25, 0.3) is 0 Å². The van der Waals surface area contributed by atoms with Crippen LogP contribution in [0.15, 0.2) is 0 Å². The fraction of sp³-hybridized carbons (Fsp3) is 1.00. The molecule has 2 saturated heterocycles. The molecule has 2 heterocycles. The Hall–Kier alpha value is 0.380. The van der Waals surface area contributed by atoms with Gasteiger partial charge >= 0.3 is 0 Å². The Labute approximate surface area is 241 Å². The first kappa shape index (κ1) is 34.6. The second kappa shape index (κ2) is 23.0. The second-order valence-electron chi connectivity index (χ2n) is 11.1. The molecule has 0 bridgehead atoms. The summed E-state index contributed by atoms with van der Waals surface area (Å²) < 4.78 is 23.6. The average molecular weight is 579 g/mol. The SMILES string of the molecule is CCCNC[C@@H]1CN(CCOCCC(C)CSSCNC[C@H]2CN(CCOCCC(C)C)CCO2)CCO1. The topological polar surface area (TPSA) is 67.5 Å². The van der Waals surface area contributed by atoms with Gasteiger partial charge in [-0.15, -0.1) is 0 Å². The lowest BCUT2D eigenvalue weighted by atomic mass is 10.1. The van der Waals surface area contributed by atoms with Crippen molar-refractivity contribution in [1.29, 1.82) is 0 Å². The van der Waals surface area contributed by atoms with Crippen molar-refractivity contribution in [2.45, 2.75) is 59.2 Å². The van der Waals surface area contributed by atoms with E-state index in [0.717, 1.165) is 123 Å². The minimum Gasteiger partial charge on any atom is -0.380 e. The van der Waals surface area contributed by atoms with E-state index in [0.29, 0.717) is 17.9 Å². The first-order valence-corrected chi connectivity index (χ1v) is 17.5. The second-order valence-corrected chi connectivity index (χ2v) is 13.6. The van der Waals surface area contributed by atoms with Gasteiger partial charge in [0.2, 0.25) is 0 Å². The first-order chi connectivity index (χ1) is 18.6. The molecule has 2 aliphatic heterocycles. The Kier molecular flexibility index (Phi) is 20.9. The maximum atomic E-state index is 5.96. The number of hydrogen-bond donors (Lipinski definition) is 2. The third kappa shape index (κ3) is 17.9. The van der Waals surface area contributed by atoms with Crippen LogP contribution >= 0.6 is 21.6 Å². The maximum Gasteiger partial charge on any atom is 0.0827 e. The molecule has 0 radical (unpaired) electrons. The van der Waals surface area contributed by atoms with Crippen LogP contribution in [0.5, 0.6) is 0 Å². The highest BCUT2D eigenvalue weighted by molar-refractivity contribution is 8.76. The number of nitrogens with one attached hydrogen (secondary N) is 2. The van der Waals surface area contributed by atoms with Crippen LogP contribution in [-0.2, 0) is 18.9 Å². The number of rotatable bonds is 23. The summed E-state index contributed by atoms with van der Waals surface area (Å²) in [6, 6.07) is 0. The van der Waals surface area contributed by atoms with Crippen molar-refractivity contribution in [3.63, 3.8) is 0 Å². The van der Waals surface area contributed by atoms with E-state index in [4.69, 9.17) is 18.9 Å². The molecule has 0 aromatic heterocycles. The Bertz CT molecular complexity index is 553. The van der Waals surface area contributed by atoms with E-state index in [-0.39, 0.29) is 6.10 Å². The average Bonchev–Trinajstić information content (AvgIpc) is 2.91. The highest BCUT2D eigenvalue weighted by Gasteiger charge is 2.20. The minimum absolute atomic E-state index is 0.280. The molecule has 0 amide bonds. The Morgan fingerprint density at radius 1 is 0.816 bits per heavy atom. The van der Waals surface area contributed by atoms with Gasteiger partial charge in [-0.3, -0.25) is 9.80 Å². The molecule has 2 rings (SSSR count). The van der Waals surface area contributed by atoms with Crippen molar-refractivity contribution in [3.05, 3.63) is 0 Å². The lowest BCUT2D eigenvalue weighted by Gasteiger charge is -2.33. The minimum atomic E-state index is 0.280. The quantitative estimate of drug-likeness (QED) is 0.107. The third-order valence-electron chi connectivity index (χ3n) is 6.91. The van der Waals surface area contributed by atoms with E-state index in [9.17, 15) is 0 Å². The largest absolute Gasteiger partial charge is 0.380 e. The monoisotopic (exact) mass is 578 g/mol. The Morgan fingerprint density at radius 3 is 2.03 bits per heavy atom. The van der Waals surface area contributed by atoms with E-state index >= 15 is 0 Å². The van der Waals surface area contributed by atoms with Crippen LogP contribution in [-0.4, -0.2) is 132 Å². The van der Waals surface area contributed by atoms with Crippen molar-refractivity contribution in [1.82, 2.24) is 20.4 Å². The van der Waals surface area contributed by atoms with Gasteiger partial charge < -0.3 is 29.6 Å². The van der Waals surface area contributed by atoms with E-state index in [1.807, 2.05) is 21.6 Å². The molecule has 2 fully saturated rings. The van der Waals surface area contributed by atoms with Crippen LogP contribution in [0.3, 0.4) is 0 Å². The van der Waals surface area contributed by atoms with E-state index < -0.39 is 0 Å². The van der Waals surface area contributed by atoms with Crippen molar-refractivity contribution < 1.29 is 18.9 Å². The molecule has 0 saturated carbocycles. The fourth-order valence-corrected chi connectivity index (χ4v) is 6.66. The molecule has 0 aromatic carbocycles. The van der Waals surface area contributed by atoms with Gasteiger partial charge in [0.15, 0.2) is 0 Å². The summed E-state index contributed by atoms with van der Waals surface area (Å²) in [5, 5.41) is 7.03. The molecule has 2 N–H and O–H groups in total. The van der Waals surface area contributed by atoms with Crippen molar-refractivity contribution in [2.75, 3.05) is 110 Å². The Morgan fingerprint density at radius 2 is 1.42 bits per heavy atom. The van der Waals surface area contributed by atoms with Gasteiger partial charge in [-0.1, -0.05) is 49.3 Å². The predicted octanol–water partition coefficient (Wildman–Crippen LogP) is 3.42. The summed E-state index contributed by atoms with van der Waals surface area (Å²) in [5.74, 6) is 3.50. The van der Waals surface area contributed by atoms with Gasteiger partial charge in [-0.2, -0.15) is 0 Å². The summed E-state index contributed by atoms with van der Waals surface area (Å²) in [6.07, 6.45) is 4.03. The van der Waals surface area contributed by atoms with Crippen molar-refractivity contribution in [2.24, 2.45) is 11.8 Å². The summed E-state index contributed by atoms with van der Waals surface area (Å²) in [6.45, 7) is 23.0. The van der Waals surface area contributed by atoms with E-state index in [1.165, 1.54) is 6.42 Å². The van der Waals surface area contributed by atoms with Gasteiger partial charge in [-0.05, 0) is 37.6 Å². The molecule has 0 aliphatic carbocycles. The van der Waals surface area contributed by atoms with Crippen LogP contribution in [0, 0.1) is 11.8 Å².